The number of hydrogen-bond acceptors (Lipinski definition) is 3. The highest BCUT2D eigenvalue weighted by molar-refractivity contribution is 5.78. The quantitative estimate of drug-likeness (QED) is 0.651. The number of terminal acetylenes is 1. The van der Waals surface area contributed by atoms with Crippen LogP contribution in [0, 0.1) is 17.8 Å². The Labute approximate surface area is 112 Å². The van der Waals surface area contributed by atoms with Crippen LogP contribution in [-0.2, 0) is 9.53 Å². The summed E-state index contributed by atoms with van der Waals surface area (Å²) in [5.74, 6) is 1.52. The molecule has 1 aliphatic heterocycles. The maximum absolute atomic E-state index is 11.7. The van der Waals surface area contributed by atoms with Gasteiger partial charge in [-0.15, -0.1) is 6.42 Å². The van der Waals surface area contributed by atoms with Crippen molar-refractivity contribution in [3.05, 3.63) is 0 Å². The second kappa shape index (κ2) is 5.93. The fourth-order valence-corrected chi connectivity index (χ4v) is 1.84. The molecule has 3 N–H and O–H groups in total. The minimum atomic E-state index is -0.949. The molecule has 1 fully saturated rings. The van der Waals surface area contributed by atoms with E-state index in [0.717, 1.165) is 0 Å². The Hall–Kier alpha value is -1.74. The standard InChI is InChI=1S/C13H20N2O4/c1-4-12(2,3)15-11(18)14-9-13(10(16)17)5-7-19-8-6-13/h1H,5-9H2,2-3H3,(H,16,17)(H2,14,15,18). The number of urea groups is 1. The van der Waals surface area contributed by atoms with Crippen LogP contribution in [-0.4, -0.2) is 42.4 Å². The molecule has 0 aliphatic carbocycles. The third-order valence-corrected chi connectivity index (χ3v) is 3.28. The summed E-state index contributed by atoms with van der Waals surface area (Å²) in [6, 6.07) is -0.463. The third kappa shape index (κ3) is 4.14. The first-order valence-electron chi connectivity index (χ1n) is 6.16. The molecule has 0 aromatic rings. The van der Waals surface area contributed by atoms with Gasteiger partial charge in [-0.1, -0.05) is 5.92 Å². The van der Waals surface area contributed by atoms with Crippen molar-refractivity contribution in [2.75, 3.05) is 19.8 Å². The summed E-state index contributed by atoms with van der Waals surface area (Å²) in [4.78, 5) is 23.1. The average molecular weight is 268 g/mol. The fourth-order valence-electron chi connectivity index (χ4n) is 1.84. The van der Waals surface area contributed by atoms with E-state index in [9.17, 15) is 14.7 Å². The Morgan fingerprint density at radius 3 is 2.47 bits per heavy atom. The number of carboxylic acid groups (broad SMARTS) is 1. The van der Waals surface area contributed by atoms with Gasteiger partial charge in [0.25, 0.3) is 0 Å². The Balaban J connectivity index is 2.56. The molecule has 0 bridgehead atoms. The number of carbonyl (C=O) groups excluding carboxylic acids is 1. The van der Waals surface area contributed by atoms with E-state index in [-0.39, 0.29) is 6.54 Å². The van der Waals surface area contributed by atoms with Crippen LogP contribution in [0.5, 0.6) is 0 Å². The number of aliphatic carboxylic acids is 1. The van der Waals surface area contributed by atoms with Gasteiger partial charge in [-0.25, -0.2) is 4.79 Å². The molecule has 19 heavy (non-hydrogen) atoms. The van der Waals surface area contributed by atoms with Gasteiger partial charge >= 0.3 is 12.0 Å². The second-order valence-electron chi connectivity index (χ2n) is 5.27. The van der Waals surface area contributed by atoms with Crippen LogP contribution in [0.4, 0.5) is 4.79 Å². The van der Waals surface area contributed by atoms with Crippen LogP contribution in [0.2, 0.25) is 0 Å². The van der Waals surface area contributed by atoms with Crippen LogP contribution in [0.1, 0.15) is 26.7 Å². The van der Waals surface area contributed by atoms with Gasteiger partial charge in [0.1, 0.15) is 0 Å². The molecule has 6 heteroatoms. The van der Waals surface area contributed by atoms with Crippen molar-refractivity contribution in [3.63, 3.8) is 0 Å². The van der Waals surface area contributed by atoms with Gasteiger partial charge in [-0.3, -0.25) is 4.79 Å². The number of ether oxygens (including phenoxy) is 1. The third-order valence-electron chi connectivity index (χ3n) is 3.28. The Morgan fingerprint density at radius 2 is 2.00 bits per heavy atom. The molecule has 0 radical (unpaired) electrons. The van der Waals surface area contributed by atoms with Crippen LogP contribution >= 0.6 is 0 Å². The maximum Gasteiger partial charge on any atom is 0.315 e. The van der Waals surface area contributed by atoms with Crippen LogP contribution < -0.4 is 10.6 Å². The van der Waals surface area contributed by atoms with E-state index in [1.807, 2.05) is 0 Å². The molecule has 1 rings (SSSR count). The zero-order chi connectivity index (χ0) is 14.5. The highest BCUT2D eigenvalue weighted by Gasteiger charge is 2.40. The topological polar surface area (TPSA) is 87.7 Å². The van der Waals surface area contributed by atoms with Gasteiger partial charge in [0.2, 0.25) is 0 Å². The Morgan fingerprint density at radius 1 is 1.42 bits per heavy atom. The van der Waals surface area contributed by atoms with Crippen molar-refractivity contribution < 1.29 is 19.4 Å². The number of nitrogens with one attached hydrogen (secondary N) is 2. The van der Waals surface area contributed by atoms with E-state index in [4.69, 9.17) is 11.2 Å². The number of carbonyl (C=O) groups is 2. The normalized spacial score (nSPS) is 18.2. The van der Waals surface area contributed by atoms with Gasteiger partial charge in [0, 0.05) is 19.8 Å². The molecule has 0 spiro atoms. The minimum absolute atomic E-state index is 0.0676. The van der Waals surface area contributed by atoms with E-state index in [0.29, 0.717) is 26.1 Å². The first-order valence-corrected chi connectivity index (χ1v) is 6.16. The van der Waals surface area contributed by atoms with Crippen LogP contribution in [0.3, 0.4) is 0 Å². The number of hydrogen-bond donors (Lipinski definition) is 3. The van der Waals surface area contributed by atoms with Gasteiger partial charge in [0.05, 0.1) is 11.0 Å². The summed E-state index contributed by atoms with van der Waals surface area (Å²) < 4.78 is 5.16. The lowest BCUT2D eigenvalue weighted by atomic mass is 9.80. The van der Waals surface area contributed by atoms with Crippen molar-refractivity contribution in [3.8, 4) is 12.3 Å². The fraction of sp³-hybridized carbons (Fsp3) is 0.692. The summed E-state index contributed by atoms with van der Waals surface area (Å²) in [6.07, 6.45) is 6.04. The summed E-state index contributed by atoms with van der Waals surface area (Å²) >= 11 is 0. The molecule has 1 aliphatic rings. The van der Waals surface area contributed by atoms with Crippen LogP contribution in [0.15, 0.2) is 0 Å². The molecule has 1 heterocycles. The Kier molecular flexibility index (Phi) is 4.78. The smallest absolute Gasteiger partial charge is 0.315 e. The first kappa shape index (κ1) is 15.3. The minimum Gasteiger partial charge on any atom is -0.481 e. The van der Waals surface area contributed by atoms with Gasteiger partial charge in [-0.2, -0.15) is 0 Å². The van der Waals surface area contributed by atoms with E-state index in [2.05, 4.69) is 16.6 Å². The van der Waals surface area contributed by atoms with Crippen molar-refractivity contribution in [2.24, 2.45) is 5.41 Å². The molecule has 2 amide bonds. The van der Waals surface area contributed by atoms with Crippen LogP contribution in [0.25, 0.3) is 0 Å². The maximum atomic E-state index is 11.7. The lowest BCUT2D eigenvalue weighted by Crippen LogP contribution is -2.52. The second-order valence-corrected chi connectivity index (χ2v) is 5.27. The van der Waals surface area contributed by atoms with Gasteiger partial charge in [-0.05, 0) is 26.7 Å². The van der Waals surface area contributed by atoms with E-state index >= 15 is 0 Å². The molecule has 0 aromatic heterocycles. The molecule has 0 atom stereocenters. The average Bonchev–Trinajstić information content (AvgIpc) is 2.37. The molecule has 0 aromatic carbocycles. The summed E-state index contributed by atoms with van der Waals surface area (Å²) in [6.45, 7) is 4.23. The van der Waals surface area contributed by atoms with E-state index in [1.54, 1.807) is 13.8 Å². The highest BCUT2D eigenvalue weighted by atomic mass is 16.5. The van der Waals surface area contributed by atoms with Crippen molar-refractivity contribution in [2.45, 2.75) is 32.2 Å². The molecule has 106 valence electrons. The highest BCUT2D eigenvalue weighted by Crippen LogP contribution is 2.30. The SMILES string of the molecule is C#CC(C)(C)NC(=O)NCC1(C(=O)O)CCOCC1. The summed E-state index contributed by atoms with van der Waals surface area (Å²) in [5, 5.41) is 14.5. The number of carboxylic acids is 1. The Bertz CT molecular complexity index is 392. The van der Waals surface area contributed by atoms with Crippen molar-refractivity contribution in [1.82, 2.24) is 10.6 Å². The number of rotatable bonds is 4. The van der Waals surface area contributed by atoms with Crippen molar-refractivity contribution in [1.29, 1.82) is 0 Å². The predicted molar refractivity (Wildman–Crippen MR) is 69.6 cm³/mol. The lowest BCUT2D eigenvalue weighted by molar-refractivity contribution is -0.154. The monoisotopic (exact) mass is 268 g/mol. The zero-order valence-electron chi connectivity index (χ0n) is 11.3. The molecule has 0 unspecified atom stereocenters. The van der Waals surface area contributed by atoms with Gasteiger partial charge < -0.3 is 20.5 Å². The largest absolute Gasteiger partial charge is 0.481 e. The lowest BCUT2D eigenvalue weighted by Gasteiger charge is -2.33. The van der Waals surface area contributed by atoms with E-state index in [1.165, 1.54) is 0 Å². The molecular formula is C13H20N2O4. The zero-order valence-corrected chi connectivity index (χ0v) is 11.3. The molecule has 6 nitrogen and oxygen atoms in total. The summed E-state index contributed by atoms with van der Waals surface area (Å²) in [7, 11) is 0. The molecule has 0 saturated carbocycles. The van der Waals surface area contributed by atoms with E-state index < -0.39 is 23.0 Å². The summed E-state index contributed by atoms with van der Waals surface area (Å²) in [5.41, 5.74) is -1.72. The first-order chi connectivity index (χ1) is 8.81. The molecule has 1 saturated heterocycles. The predicted octanol–water partition coefficient (Wildman–Crippen LogP) is 0.579. The van der Waals surface area contributed by atoms with Gasteiger partial charge in [0.15, 0.2) is 0 Å². The number of amides is 2. The molecular weight excluding hydrogens is 248 g/mol. The van der Waals surface area contributed by atoms with Crippen molar-refractivity contribution >= 4 is 12.0 Å².